The molecule has 3 aliphatic heterocycles. The lowest BCUT2D eigenvalue weighted by Gasteiger charge is -2.72. The van der Waals surface area contributed by atoms with Crippen LogP contribution in [-0.2, 0) is 28.4 Å². The second-order valence-corrected chi connectivity index (χ2v) is 23.5. The van der Waals surface area contributed by atoms with Gasteiger partial charge in [0.15, 0.2) is 18.9 Å². The van der Waals surface area contributed by atoms with Gasteiger partial charge in [-0.05, 0) is 96.2 Å². The Morgan fingerprint density at radius 1 is 0.594 bits per heavy atom. The minimum Gasteiger partial charge on any atom is -0.392 e. The van der Waals surface area contributed by atoms with E-state index in [0.29, 0.717) is 25.2 Å². The van der Waals surface area contributed by atoms with Crippen LogP contribution in [0, 0.1) is 50.2 Å². The molecule has 64 heavy (non-hydrogen) atoms. The molecule has 368 valence electrons. The summed E-state index contributed by atoms with van der Waals surface area (Å²) < 4.78 is 35.0. The first-order valence-corrected chi connectivity index (χ1v) is 23.7. The van der Waals surface area contributed by atoms with Gasteiger partial charge in [-0.1, -0.05) is 67.0 Å². The van der Waals surface area contributed by atoms with Crippen molar-refractivity contribution in [3.8, 4) is 0 Å². The predicted molar refractivity (Wildman–Crippen MR) is 225 cm³/mol. The number of hydrogen-bond donors (Lipinski definition) is 11. The lowest BCUT2D eigenvalue weighted by Crippen LogP contribution is -2.68. The van der Waals surface area contributed by atoms with Crippen molar-refractivity contribution in [3.05, 3.63) is 11.6 Å². The van der Waals surface area contributed by atoms with Crippen LogP contribution in [0.15, 0.2) is 11.6 Å². The monoisotopic (exact) mass is 915 g/mol. The minimum absolute atomic E-state index is 0.0414. The average Bonchev–Trinajstić information content (AvgIpc) is 3.22. The largest absolute Gasteiger partial charge is 0.392 e. The minimum atomic E-state index is -1.77. The van der Waals surface area contributed by atoms with Crippen molar-refractivity contribution in [1.82, 2.24) is 0 Å². The third-order valence-corrected chi connectivity index (χ3v) is 19.1. The molecule has 5 aliphatic carbocycles. The van der Waals surface area contributed by atoms with Gasteiger partial charge >= 0.3 is 0 Å². The standard InChI is InChI=1S/C47H78O17/c1-42(2)15-22-21-9-10-27-44(5)13-12-30(43(3,4)26(44)11-14-45(27,6)46(21,7)17-29(50)47(22,8)28(49)16-42)64-41-38(58)35(55)33(53)25(63-41)20-61-40-37(57)34(54)32(52)24(62-40)19-60-39-36(56)31(51)23(48)18-59-39/h9,22-41,48-58H,10-20H2,1-8H3/t22-,23+,24+,25+,26-,27+,28-,29-,30-,31-,32+,33+,34-,35-,36+,37+,38+,39-,40+,41-,44-,45+,46+,47+/m0/s1. The lowest BCUT2D eigenvalue weighted by atomic mass is 9.33. The molecule has 7 fully saturated rings. The molecular weight excluding hydrogens is 836 g/mol. The molecule has 3 saturated heterocycles. The van der Waals surface area contributed by atoms with Crippen LogP contribution < -0.4 is 0 Å². The maximum Gasteiger partial charge on any atom is 0.186 e. The van der Waals surface area contributed by atoms with Crippen LogP contribution in [0.25, 0.3) is 0 Å². The molecule has 0 aromatic heterocycles. The van der Waals surface area contributed by atoms with Crippen LogP contribution in [0.2, 0.25) is 0 Å². The summed E-state index contributed by atoms with van der Waals surface area (Å²) in [5, 5.41) is 119. The van der Waals surface area contributed by atoms with Gasteiger partial charge in [0.1, 0.15) is 67.1 Å². The third kappa shape index (κ3) is 7.71. The van der Waals surface area contributed by atoms with E-state index in [1.807, 2.05) is 0 Å². The molecule has 0 unspecified atom stereocenters. The summed E-state index contributed by atoms with van der Waals surface area (Å²) in [4.78, 5) is 0. The molecule has 3 heterocycles. The number of fused-ring (bicyclic) bond motifs is 7. The number of aliphatic hydroxyl groups excluding tert-OH is 11. The third-order valence-electron chi connectivity index (χ3n) is 19.1. The fourth-order valence-corrected chi connectivity index (χ4v) is 14.8. The highest BCUT2D eigenvalue weighted by Crippen LogP contribution is 2.76. The Bertz CT molecular complexity index is 1710. The molecule has 4 saturated carbocycles. The van der Waals surface area contributed by atoms with Crippen molar-refractivity contribution in [2.75, 3.05) is 19.8 Å². The molecule has 0 aromatic carbocycles. The molecule has 8 aliphatic rings. The highest BCUT2D eigenvalue weighted by atomic mass is 16.7. The summed E-state index contributed by atoms with van der Waals surface area (Å²) in [5.41, 5.74) is -0.0645. The van der Waals surface area contributed by atoms with Gasteiger partial charge in [0, 0.05) is 5.41 Å². The molecule has 0 bridgehead atoms. The van der Waals surface area contributed by atoms with E-state index < -0.39 is 128 Å². The Labute approximate surface area is 376 Å². The highest BCUT2D eigenvalue weighted by Gasteiger charge is 2.70. The smallest absolute Gasteiger partial charge is 0.186 e. The van der Waals surface area contributed by atoms with E-state index in [1.54, 1.807) is 0 Å². The molecule has 0 spiro atoms. The van der Waals surface area contributed by atoms with Crippen LogP contribution in [0.1, 0.15) is 107 Å². The Balaban J connectivity index is 0.937. The Hall–Kier alpha value is -0.940. The molecule has 0 amide bonds. The summed E-state index contributed by atoms with van der Waals surface area (Å²) in [5.74, 6) is 0.627. The van der Waals surface area contributed by atoms with Crippen molar-refractivity contribution < 1.29 is 84.6 Å². The van der Waals surface area contributed by atoms with Gasteiger partial charge in [-0.2, -0.15) is 0 Å². The van der Waals surface area contributed by atoms with E-state index in [0.717, 1.165) is 32.1 Å². The number of rotatable bonds is 8. The molecule has 11 N–H and O–H groups in total. The molecule has 17 nitrogen and oxygen atoms in total. The van der Waals surface area contributed by atoms with E-state index in [9.17, 15) is 56.2 Å². The predicted octanol–water partition coefficient (Wildman–Crippen LogP) is 0.222. The highest BCUT2D eigenvalue weighted by molar-refractivity contribution is 5.35. The zero-order chi connectivity index (χ0) is 46.9. The van der Waals surface area contributed by atoms with Crippen molar-refractivity contribution in [2.24, 2.45) is 50.2 Å². The Morgan fingerprint density at radius 2 is 1.16 bits per heavy atom. The lowest BCUT2D eigenvalue weighted by molar-refractivity contribution is -0.348. The first-order valence-electron chi connectivity index (χ1n) is 23.7. The van der Waals surface area contributed by atoms with Gasteiger partial charge in [0.25, 0.3) is 0 Å². The van der Waals surface area contributed by atoms with Crippen LogP contribution >= 0.6 is 0 Å². The van der Waals surface area contributed by atoms with Crippen LogP contribution in [0.3, 0.4) is 0 Å². The zero-order valence-electron chi connectivity index (χ0n) is 38.8. The van der Waals surface area contributed by atoms with Gasteiger partial charge in [-0.3, -0.25) is 0 Å². The summed E-state index contributed by atoms with van der Waals surface area (Å²) in [7, 11) is 0. The van der Waals surface area contributed by atoms with E-state index in [1.165, 1.54) is 5.57 Å². The topological polar surface area (TPSA) is 278 Å². The summed E-state index contributed by atoms with van der Waals surface area (Å²) in [6.45, 7) is 16.9. The number of ether oxygens (including phenoxy) is 6. The van der Waals surface area contributed by atoms with Gasteiger partial charge in [0.2, 0.25) is 0 Å². The summed E-state index contributed by atoms with van der Waals surface area (Å²) in [6, 6.07) is 0. The summed E-state index contributed by atoms with van der Waals surface area (Å²) in [6.07, 6.45) is -14.2. The molecule has 24 atom stereocenters. The molecule has 17 heteroatoms. The summed E-state index contributed by atoms with van der Waals surface area (Å²) >= 11 is 0. The van der Waals surface area contributed by atoms with Gasteiger partial charge < -0.3 is 84.6 Å². The maximum absolute atomic E-state index is 12.0. The van der Waals surface area contributed by atoms with E-state index in [-0.39, 0.29) is 40.1 Å². The van der Waals surface area contributed by atoms with Crippen molar-refractivity contribution in [2.45, 2.75) is 211 Å². The van der Waals surface area contributed by atoms with Gasteiger partial charge in [-0.15, -0.1) is 0 Å². The SMILES string of the molecule is CC1(C)C[C@H](O)[C@]2(C)[C@@H](O)C[C@]3(C)C(=CC[C@@H]4[C@@]5(C)CC[C@H](O[C@@H]6O[C@H](CO[C@@H]7O[C@H](CO[C@@H]8OC[C@@H](O)[C@H](O)[C@H]8O)[C@@H](O)[C@H](O)[C@H]7O)[C@@H](O)[C@H](O)[C@H]6O)C(C)(C)[C@@H]5CC[C@]43C)[C@@H]2C1. The molecule has 8 rings (SSSR count). The van der Waals surface area contributed by atoms with Crippen LogP contribution in [0.5, 0.6) is 0 Å². The van der Waals surface area contributed by atoms with Gasteiger partial charge in [-0.25, -0.2) is 0 Å². The Morgan fingerprint density at radius 3 is 1.80 bits per heavy atom. The van der Waals surface area contributed by atoms with Gasteiger partial charge in [0.05, 0.1) is 38.1 Å². The first kappa shape index (κ1) is 49.5. The van der Waals surface area contributed by atoms with Crippen LogP contribution in [-0.4, -0.2) is 180 Å². The van der Waals surface area contributed by atoms with Crippen molar-refractivity contribution >= 4 is 0 Å². The van der Waals surface area contributed by atoms with E-state index >= 15 is 0 Å². The first-order chi connectivity index (χ1) is 29.7. The van der Waals surface area contributed by atoms with Crippen molar-refractivity contribution in [3.63, 3.8) is 0 Å². The zero-order valence-corrected chi connectivity index (χ0v) is 38.8. The average molecular weight is 915 g/mol. The van der Waals surface area contributed by atoms with Crippen molar-refractivity contribution in [1.29, 1.82) is 0 Å². The molecule has 0 radical (unpaired) electrons. The normalized spacial score (nSPS) is 55.9. The van der Waals surface area contributed by atoms with E-state index in [2.05, 4.69) is 61.5 Å². The Kier molecular flexibility index (Phi) is 13.3. The maximum atomic E-state index is 12.0. The molecular formula is C47H78O17. The second-order valence-electron chi connectivity index (χ2n) is 23.5. The number of aliphatic hydroxyl groups is 11. The number of hydrogen-bond acceptors (Lipinski definition) is 17. The van der Waals surface area contributed by atoms with Crippen LogP contribution in [0.4, 0.5) is 0 Å². The quantitative estimate of drug-likeness (QED) is 0.115. The fourth-order valence-electron chi connectivity index (χ4n) is 14.8. The second kappa shape index (κ2) is 17.2. The number of allylic oxidation sites excluding steroid dienone is 2. The van der Waals surface area contributed by atoms with E-state index in [4.69, 9.17) is 28.4 Å². The molecule has 0 aromatic rings. The fraction of sp³-hybridized carbons (Fsp3) is 0.957.